The van der Waals surface area contributed by atoms with Crippen LogP contribution in [0.15, 0.2) is 60.8 Å². The van der Waals surface area contributed by atoms with Gasteiger partial charge in [-0.3, -0.25) is 14.7 Å². The van der Waals surface area contributed by atoms with Crippen LogP contribution < -0.4 is 5.32 Å². The van der Waals surface area contributed by atoms with Gasteiger partial charge >= 0.3 is 0 Å². The van der Waals surface area contributed by atoms with E-state index >= 15 is 0 Å². The maximum absolute atomic E-state index is 13.6. The smallest absolute Gasteiger partial charge is 0.220 e. The van der Waals surface area contributed by atoms with E-state index in [2.05, 4.69) is 27.3 Å². The molecule has 3 heterocycles. The van der Waals surface area contributed by atoms with E-state index in [1.807, 2.05) is 36.5 Å². The Morgan fingerprint density at radius 1 is 1.10 bits per heavy atom. The lowest BCUT2D eigenvalue weighted by Crippen LogP contribution is -2.52. The van der Waals surface area contributed by atoms with Gasteiger partial charge in [-0.05, 0) is 48.2 Å². The van der Waals surface area contributed by atoms with Crippen LogP contribution in [0.2, 0.25) is 0 Å². The molecule has 0 aliphatic carbocycles. The van der Waals surface area contributed by atoms with Crippen LogP contribution >= 0.6 is 0 Å². The number of rotatable bonds is 3. The van der Waals surface area contributed by atoms with Crippen molar-refractivity contribution in [2.45, 2.75) is 43.7 Å². The first-order chi connectivity index (χ1) is 14.6. The Kier molecular flexibility index (Phi) is 4.99. The SMILES string of the molecule is O=C1CCCC[C@]2(CN(Cc3ccnc4ccccc34)C[C@H]2c2ccc(F)cc2)N1. The Morgan fingerprint density at radius 2 is 1.93 bits per heavy atom. The van der Waals surface area contributed by atoms with E-state index in [1.165, 1.54) is 23.1 Å². The summed E-state index contributed by atoms with van der Waals surface area (Å²) in [7, 11) is 0. The molecule has 2 fully saturated rings. The number of pyridine rings is 1. The molecule has 2 atom stereocenters. The van der Waals surface area contributed by atoms with Crippen LogP contribution in [0.5, 0.6) is 0 Å². The van der Waals surface area contributed by atoms with Crippen LogP contribution in [0.3, 0.4) is 0 Å². The Hall–Kier alpha value is -2.79. The third-order valence-electron chi connectivity index (χ3n) is 6.68. The Morgan fingerprint density at radius 3 is 2.80 bits per heavy atom. The molecule has 3 aromatic rings. The zero-order valence-electron chi connectivity index (χ0n) is 17.0. The summed E-state index contributed by atoms with van der Waals surface area (Å²) in [5.74, 6) is 0.0554. The molecular formula is C25H26FN3O. The summed E-state index contributed by atoms with van der Waals surface area (Å²) < 4.78 is 13.6. The minimum absolute atomic E-state index is 0.135. The van der Waals surface area contributed by atoms with Crippen LogP contribution in [-0.2, 0) is 11.3 Å². The maximum Gasteiger partial charge on any atom is 0.220 e. The summed E-state index contributed by atoms with van der Waals surface area (Å²) in [6.07, 6.45) is 5.37. The van der Waals surface area contributed by atoms with E-state index < -0.39 is 0 Å². The highest BCUT2D eigenvalue weighted by Crippen LogP contribution is 2.41. The molecule has 1 spiro atoms. The number of amides is 1. The number of para-hydroxylation sites is 1. The van der Waals surface area contributed by atoms with Gasteiger partial charge in [-0.25, -0.2) is 4.39 Å². The van der Waals surface area contributed by atoms with Crippen molar-refractivity contribution in [3.8, 4) is 0 Å². The normalized spacial score (nSPS) is 24.8. The number of nitrogens with zero attached hydrogens (tertiary/aromatic N) is 2. The highest BCUT2D eigenvalue weighted by molar-refractivity contribution is 5.81. The zero-order chi connectivity index (χ0) is 20.6. The van der Waals surface area contributed by atoms with Gasteiger partial charge in [0.1, 0.15) is 5.82 Å². The van der Waals surface area contributed by atoms with Crippen LogP contribution in [0, 0.1) is 5.82 Å². The average molecular weight is 404 g/mol. The molecule has 0 unspecified atom stereocenters. The molecule has 1 amide bonds. The van der Waals surface area contributed by atoms with Gasteiger partial charge in [0.05, 0.1) is 11.1 Å². The molecule has 1 aromatic heterocycles. The van der Waals surface area contributed by atoms with Crippen molar-refractivity contribution < 1.29 is 9.18 Å². The number of halogens is 1. The largest absolute Gasteiger partial charge is 0.349 e. The zero-order valence-corrected chi connectivity index (χ0v) is 17.0. The topological polar surface area (TPSA) is 45.2 Å². The summed E-state index contributed by atoms with van der Waals surface area (Å²) in [4.78, 5) is 19.4. The maximum atomic E-state index is 13.6. The molecule has 2 aliphatic heterocycles. The molecule has 5 heteroatoms. The number of nitrogens with one attached hydrogen (secondary N) is 1. The van der Waals surface area contributed by atoms with Crippen molar-refractivity contribution in [3.05, 3.63) is 77.7 Å². The number of benzene rings is 2. The molecule has 154 valence electrons. The summed E-state index contributed by atoms with van der Waals surface area (Å²) in [6, 6.07) is 17.1. The number of carbonyl (C=O) groups is 1. The van der Waals surface area contributed by atoms with E-state index in [9.17, 15) is 9.18 Å². The molecular weight excluding hydrogens is 377 g/mol. The van der Waals surface area contributed by atoms with Gasteiger partial charge in [0.15, 0.2) is 0 Å². The molecule has 2 aromatic carbocycles. The fourth-order valence-electron chi connectivity index (χ4n) is 5.29. The van der Waals surface area contributed by atoms with E-state index in [-0.39, 0.29) is 23.2 Å². The third kappa shape index (κ3) is 3.58. The van der Waals surface area contributed by atoms with E-state index in [0.29, 0.717) is 6.42 Å². The number of hydrogen-bond acceptors (Lipinski definition) is 3. The number of hydrogen-bond donors (Lipinski definition) is 1. The molecule has 30 heavy (non-hydrogen) atoms. The van der Waals surface area contributed by atoms with Gasteiger partial charge in [0.25, 0.3) is 0 Å². The second-order valence-corrected chi connectivity index (χ2v) is 8.67. The first-order valence-electron chi connectivity index (χ1n) is 10.7. The molecule has 0 radical (unpaired) electrons. The van der Waals surface area contributed by atoms with Crippen molar-refractivity contribution in [2.75, 3.05) is 13.1 Å². The molecule has 4 nitrogen and oxygen atoms in total. The van der Waals surface area contributed by atoms with Crippen LogP contribution in [-0.4, -0.2) is 34.4 Å². The monoisotopic (exact) mass is 403 g/mol. The molecule has 2 aliphatic rings. The minimum Gasteiger partial charge on any atom is -0.349 e. The van der Waals surface area contributed by atoms with Crippen molar-refractivity contribution in [1.82, 2.24) is 15.2 Å². The first kappa shape index (κ1) is 19.2. The molecule has 1 N–H and O–H groups in total. The summed E-state index contributed by atoms with van der Waals surface area (Å²) in [6.45, 7) is 2.44. The Bertz CT molecular complexity index is 1060. The van der Waals surface area contributed by atoms with Crippen molar-refractivity contribution in [3.63, 3.8) is 0 Å². The highest BCUT2D eigenvalue weighted by Gasteiger charge is 2.48. The molecule has 0 bridgehead atoms. The van der Waals surface area contributed by atoms with E-state index in [4.69, 9.17) is 0 Å². The van der Waals surface area contributed by atoms with Crippen molar-refractivity contribution in [1.29, 1.82) is 0 Å². The fraction of sp³-hybridized carbons (Fsp3) is 0.360. The Balaban J connectivity index is 1.48. The Labute approximate surface area is 176 Å². The standard InChI is InChI=1S/C25H26FN3O/c26-20-10-8-18(9-11-20)22-16-29(17-25(22)13-4-3-7-24(30)28-25)15-19-12-14-27-23-6-2-1-5-21(19)23/h1-2,5-6,8-12,14,22H,3-4,7,13,15-17H2,(H,28,30)/t22-,25+/m0/s1. The van der Waals surface area contributed by atoms with Gasteiger partial charge in [0, 0.05) is 43.6 Å². The van der Waals surface area contributed by atoms with E-state index in [1.54, 1.807) is 0 Å². The second kappa shape index (κ2) is 7.80. The van der Waals surface area contributed by atoms with Gasteiger partial charge in [-0.15, -0.1) is 0 Å². The molecule has 2 saturated heterocycles. The predicted molar refractivity (Wildman–Crippen MR) is 116 cm³/mol. The van der Waals surface area contributed by atoms with Gasteiger partial charge in [-0.1, -0.05) is 36.8 Å². The predicted octanol–water partition coefficient (Wildman–Crippen LogP) is 4.40. The second-order valence-electron chi connectivity index (χ2n) is 8.67. The van der Waals surface area contributed by atoms with Gasteiger partial charge < -0.3 is 5.32 Å². The number of likely N-dealkylation sites (tertiary alicyclic amines) is 1. The highest BCUT2D eigenvalue weighted by atomic mass is 19.1. The van der Waals surface area contributed by atoms with Crippen LogP contribution in [0.1, 0.15) is 42.7 Å². The summed E-state index contributed by atoms with van der Waals surface area (Å²) in [5, 5.41) is 4.55. The third-order valence-corrected chi connectivity index (χ3v) is 6.68. The average Bonchev–Trinajstić information content (AvgIpc) is 2.97. The van der Waals surface area contributed by atoms with E-state index in [0.717, 1.165) is 50.0 Å². The lowest BCUT2D eigenvalue weighted by Gasteiger charge is -2.35. The van der Waals surface area contributed by atoms with Crippen LogP contribution in [0.25, 0.3) is 10.9 Å². The van der Waals surface area contributed by atoms with Crippen molar-refractivity contribution >= 4 is 16.8 Å². The van der Waals surface area contributed by atoms with Crippen LogP contribution in [0.4, 0.5) is 4.39 Å². The van der Waals surface area contributed by atoms with Gasteiger partial charge in [-0.2, -0.15) is 0 Å². The minimum atomic E-state index is -0.297. The number of aromatic nitrogens is 1. The van der Waals surface area contributed by atoms with Crippen molar-refractivity contribution in [2.24, 2.45) is 0 Å². The number of fused-ring (bicyclic) bond motifs is 1. The summed E-state index contributed by atoms with van der Waals surface area (Å²) in [5.41, 5.74) is 3.05. The number of carbonyl (C=O) groups excluding carboxylic acids is 1. The first-order valence-corrected chi connectivity index (χ1v) is 10.7. The lowest BCUT2D eigenvalue weighted by atomic mass is 9.79. The lowest BCUT2D eigenvalue weighted by molar-refractivity contribution is -0.122. The molecule has 5 rings (SSSR count). The van der Waals surface area contributed by atoms with Gasteiger partial charge in [0.2, 0.25) is 5.91 Å². The fourth-order valence-corrected chi connectivity index (χ4v) is 5.29. The molecule has 0 saturated carbocycles. The quantitative estimate of drug-likeness (QED) is 0.705. The summed E-state index contributed by atoms with van der Waals surface area (Å²) >= 11 is 0.